The minimum atomic E-state index is -0.214. The van der Waals surface area contributed by atoms with Gasteiger partial charge in [-0.1, -0.05) is 19.1 Å². The van der Waals surface area contributed by atoms with Gasteiger partial charge in [-0.15, -0.1) is 0 Å². The Bertz CT molecular complexity index is 832. The van der Waals surface area contributed by atoms with Crippen molar-refractivity contribution in [3.05, 3.63) is 48.3 Å². The number of rotatable bonds is 5. The van der Waals surface area contributed by atoms with Gasteiger partial charge >= 0.3 is 0 Å². The van der Waals surface area contributed by atoms with E-state index in [0.717, 1.165) is 12.1 Å². The summed E-state index contributed by atoms with van der Waals surface area (Å²) in [5, 5.41) is 2.94. The summed E-state index contributed by atoms with van der Waals surface area (Å²) in [5.41, 5.74) is 2.02. The topological polar surface area (TPSA) is 78.4 Å². The lowest BCUT2D eigenvalue weighted by Gasteiger charge is -2.34. The normalized spacial score (nSPS) is 21.3. The number of carbonyl (C=O) groups excluding carboxylic acids is 2. The van der Waals surface area contributed by atoms with Crippen molar-refractivity contribution in [3.8, 4) is 0 Å². The zero-order chi connectivity index (χ0) is 19.5. The van der Waals surface area contributed by atoms with E-state index in [2.05, 4.69) is 27.1 Å². The second kappa shape index (κ2) is 7.96. The molecule has 0 radical (unpaired) electrons. The molecule has 1 aliphatic heterocycles. The van der Waals surface area contributed by atoms with Crippen LogP contribution in [-0.2, 0) is 16.0 Å². The number of carbonyl (C=O) groups is 2. The van der Waals surface area contributed by atoms with Gasteiger partial charge in [-0.2, -0.15) is 0 Å². The first kappa shape index (κ1) is 18.4. The highest BCUT2D eigenvalue weighted by molar-refractivity contribution is 5.99. The van der Waals surface area contributed by atoms with E-state index in [-0.39, 0.29) is 23.7 Å². The number of aromatic nitrogens is 2. The minimum absolute atomic E-state index is 0.0566. The van der Waals surface area contributed by atoms with Gasteiger partial charge in [0.05, 0.1) is 11.8 Å². The molecule has 7 nitrogen and oxygen atoms in total. The first-order chi connectivity index (χ1) is 13.7. The van der Waals surface area contributed by atoms with Crippen molar-refractivity contribution in [2.45, 2.75) is 19.8 Å². The first-order valence-electron chi connectivity index (χ1n) is 9.86. The van der Waals surface area contributed by atoms with Gasteiger partial charge in [-0.25, -0.2) is 9.97 Å². The van der Waals surface area contributed by atoms with E-state index >= 15 is 0 Å². The molecule has 2 unspecified atom stereocenters. The largest absolute Gasteiger partial charge is 0.339 e. The summed E-state index contributed by atoms with van der Waals surface area (Å²) in [7, 11) is 0. The third-order valence-electron chi connectivity index (χ3n) is 5.50. The van der Waals surface area contributed by atoms with Gasteiger partial charge in [0, 0.05) is 44.3 Å². The lowest BCUT2D eigenvalue weighted by Crippen LogP contribution is -2.50. The van der Waals surface area contributed by atoms with E-state index in [9.17, 15) is 9.59 Å². The molecular formula is C21H25N5O2. The Labute approximate surface area is 164 Å². The fourth-order valence-corrected chi connectivity index (χ4v) is 3.63. The summed E-state index contributed by atoms with van der Waals surface area (Å²) >= 11 is 0. The lowest BCUT2D eigenvalue weighted by atomic mass is 10.1. The second-order valence-corrected chi connectivity index (χ2v) is 7.35. The van der Waals surface area contributed by atoms with Crippen LogP contribution in [0.15, 0.2) is 42.7 Å². The van der Waals surface area contributed by atoms with E-state index in [1.807, 2.05) is 29.2 Å². The van der Waals surface area contributed by atoms with Crippen molar-refractivity contribution < 1.29 is 9.59 Å². The predicted octanol–water partition coefficient (Wildman–Crippen LogP) is 1.96. The summed E-state index contributed by atoms with van der Waals surface area (Å²) in [6.45, 7) is 4.80. The standard InChI is InChI=1S/C21H25N5O2/c1-2-15-4-6-16(7-5-15)24-19(27)17-14-18(17)20(28)25-10-12-26(13-11-25)21-22-8-3-9-23-21/h3-9,17-18H,2,10-14H2,1H3,(H,24,27). The van der Waals surface area contributed by atoms with E-state index in [0.29, 0.717) is 38.5 Å². The number of anilines is 2. The van der Waals surface area contributed by atoms with Crippen LogP contribution in [0, 0.1) is 11.8 Å². The predicted molar refractivity (Wildman–Crippen MR) is 107 cm³/mol. The van der Waals surface area contributed by atoms with Gasteiger partial charge in [0.25, 0.3) is 0 Å². The number of piperazine rings is 1. The molecule has 0 bridgehead atoms. The van der Waals surface area contributed by atoms with Gasteiger partial charge < -0.3 is 15.1 Å². The zero-order valence-corrected chi connectivity index (χ0v) is 16.0. The van der Waals surface area contributed by atoms with Crippen LogP contribution in [0.3, 0.4) is 0 Å². The van der Waals surface area contributed by atoms with Crippen molar-refractivity contribution in [1.82, 2.24) is 14.9 Å². The number of nitrogens with one attached hydrogen (secondary N) is 1. The fourth-order valence-electron chi connectivity index (χ4n) is 3.63. The first-order valence-corrected chi connectivity index (χ1v) is 9.86. The quantitative estimate of drug-likeness (QED) is 0.859. The molecule has 2 amide bonds. The summed E-state index contributed by atoms with van der Waals surface area (Å²) in [6.07, 6.45) is 5.06. The van der Waals surface area contributed by atoms with E-state index in [4.69, 9.17) is 0 Å². The molecule has 2 aromatic rings. The van der Waals surface area contributed by atoms with Gasteiger partial charge in [0.15, 0.2) is 0 Å². The van der Waals surface area contributed by atoms with Crippen molar-refractivity contribution in [1.29, 1.82) is 0 Å². The summed E-state index contributed by atoms with van der Waals surface area (Å²) in [4.78, 5) is 37.7. The molecule has 1 aromatic carbocycles. The van der Waals surface area contributed by atoms with Crippen molar-refractivity contribution in [2.24, 2.45) is 11.8 Å². The molecule has 7 heteroatoms. The molecule has 4 rings (SSSR count). The molecule has 1 N–H and O–H groups in total. The molecule has 2 fully saturated rings. The molecule has 1 aliphatic carbocycles. The number of benzene rings is 1. The highest BCUT2D eigenvalue weighted by Crippen LogP contribution is 2.41. The highest BCUT2D eigenvalue weighted by Gasteiger charge is 2.49. The van der Waals surface area contributed by atoms with E-state index < -0.39 is 0 Å². The molecule has 2 aliphatic rings. The Hall–Kier alpha value is -2.96. The number of aryl methyl sites for hydroxylation is 1. The molecule has 2 atom stereocenters. The van der Waals surface area contributed by atoms with Crippen LogP contribution in [0.25, 0.3) is 0 Å². The highest BCUT2D eigenvalue weighted by atomic mass is 16.2. The molecule has 1 aromatic heterocycles. The van der Waals surface area contributed by atoms with Crippen LogP contribution < -0.4 is 10.2 Å². The van der Waals surface area contributed by atoms with Crippen molar-refractivity contribution >= 4 is 23.5 Å². The van der Waals surface area contributed by atoms with Crippen LogP contribution in [0.2, 0.25) is 0 Å². The minimum Gasteiger partial charge on any atom is -0.339 e. The lowest BCUT2D eigenvalue weighted by molar-refractivity contribution is -0.134. The fraction of sp³-hybridized carbons (Fsp3) is 0.429. The Morgan fingerprint density at radius 3 is 2.36 bits per heavy atom. The van der Waals surface area contributed by atoms with Crippen molar-refractivity contribution in [3.63, 3.8) is 0 Å². The third-order valence-corrected chi connectivity index (χ3v) is 5.50. The Kier molecular flexibility index (Phi) is 5.23. The van der Waals surface area contributed by atoms with Crippen LogP contribution in [-0.4, -0.2) is 52.9 Å². The van der Waals surface area contributed by atoms with Crippen molar-refractivity contribution in [2.75, 3.05) is 36.4 Å². The molecule has 2 heterocycles. The maximum atomic E-state index is 12.8. The van der Waals surface area contributed by atoms with Crippen LogP contribution in [0.1, 0.15) is 18.9 Å². The van der Waals surface area contributed by atoms with E-state index in [1.54, 1.807) is 18.5 Å². The van der Waals surface area contributed by atoms with Crippen LogP contribution >= 0.6 is 0 Å². The number of hydrogen-bond acceptors (Lipinski definition) is 5. The van der Waals surface area contributed by atoms with Gasteiger partial charge in [0.2, 0.25) is 17.8 Å². The third kappa shape index (κ3) is 3.98. The average Bonchev–Trinajstić information content (AvgIpc) is 3.56. The molecule has 1 saturated carbocycles. The SMILES string of the molecule is CCc1ccc(NC(=O)C2CC2C(=O)N2CCN(c3ncccn3)CC2)cc1. The maximum absolute atomic E-state index is 12.8. The Morgan fingerprint density at radius 1 is 1.04 bits per heavy atom. The maximum Gasteiger partial charge on any atom is 0.228 e. The zero-order valence-electron chi connectivity index (χ0n) is 16.0. The number of amides is 2. The second-order valence-electron chi connectivity index (χ2n) is 7.35. The summed E-state index contributed by atoms with van der Waals surface area (Å²) in [5.74, 6) is 0.338. The van der Waals surface area contributed by atoms with Gasteiger partial charge in [-0.3, -0.25) is 9.59 Å². The Morgan fingerprint density at radius 2 is 1.71 bits per heavy atom. The van der Waals surface area contributed by atoms with E-state index in [1.165, 1.54) is 5.56 Å². The molecular weight excluding hydrogens is 354 g/mol. The number of nitrogens with zero attached hydrogens (tertiary/aromatic N) is 4. The molecule has 1 saturated heterocycles. The average molecular weight is 379 g/mol. The van der Waals surface area contributed by atoms with Gasteiger partial charge in [-0.05, 0) is 36.6 Å². The molecule has 0 spiro atoms. The monoisotopic (exact) mass is 379 g/mol. The smallest absolute Gasteiger partial charge is 0.228 e. The molecule has 28 heavy (non-hydrogen) atoms. The summed E-state index contributed by atoms with van der Waals surface area (Å²) in [6, 6.07) is 9.66. The van der Waals surface area contributed by atoms with Crippen LogP contribution in [0.4, 0.5) is 11.6 Å². The molecule has 146 valence electrons. The Balaban J connectivity index is 1.27. The number of hydrogen-bond donors (Lipinski definition) is 1. The summed E-state index contributed by atoms with van der Waals surface area (Å²) < 4.78 is 0. The van der Waals surface area contributed by atoms with Crippen LogP contribution in [0.5, 0.6) is 0 Å². The van der Waals surface area contributed by atoms with Gasteiger partial charge in [0.1, 0.15) is 0 Å².